The molecular formula is C24H17Cl2NO4. The predicted molar refractivity (Wildman–Crippen MR) is 115 cm³/mol. The largest absolute Gasteiger partial charge is 0.423 e. The van der Waals surface area contributed by atoms with Crippen LogP contribution in [0.1, 0.15) is 16.8 Å². The van der Waals surface area contributed by atoms with Gasteiger partial charge in [0.1, 0.15) is 5.75 Å². The molecule has 1 saturated heterocycles. The van der Waals surface area contributed by atoms with E-state index in [2.05, 4.69) is 12.2 Å². The first-order valence-corrected chi connectivity index (χ1v) is 11.0. The maximum atomic E-state index is 13.2. The van der Waals surface area contributed by atoms with Gasteiger partial charge in [0.25, 0.3) is 0 Å². The van der Waals surface area contributed by atoms with Crippen LogP contribution in [0.2, 0.25) is 10.0 Å². The number of allylic oxidation sites excluding steroid dienone is 2. The number of hydrogen-bond donors (Lipinski definition) is 0. The average Bonchev–Trinajstić information content (AvgIpc) is 3.52. The van der Waals surface area contributed by atoms with E-state index in [1.54, 1.807) is 30.3 Å². The van der Waals surface area contributed by atoms with E-state index >= 15 is 0 Å². The number of ether oxygens (including phenoxy) is 1. The Balaban J connectivity index is 1.22. The lowest BCUT2D eigenvalue weighted by Crippen LogP contribution is -2.40. The molecule has 1 aliphatic heterocycles. The highest BCUT2D eigenvalue weighted by Gasteiger charge is 2.67. The highest BCUT2D eigenvalue weighted by Crippen LogP contribution is 2.65. The maximum absolute atomic E-state index is 13.2. The number of halogens is 2. The molecule has 5 nitrogen and oxygen atoms in total. The molecule has 1 heterocycles. The van der Waals surface area contributed by atoms with Gasteiger partial charge in [-0.05, 0) is 72.6 Å². The normalized spacial score (nSPS) is 32.1. The number of carbonyl (C=O) groups excluding carboxylic acids is 3. The number of amides is 2. The van der Waals surface area contributed by atoms with Gasteiger partial charge in [-0.1, -0.05) is 35.4 Å². The summed E-state index contributed by atoms with van der Waals surface area (Å²) in [5.41, 5.74) is 0.701. The summed E-state index contributed by atoms with van der Waals surface area (Å²) in [6, 6.07) is 10.9. The second-order valence-electron chi connectivity index (χ2n) is 8.67. The third kappa shape index (κ3) is 2.80. The van der Waals surface area contributed by atoms with Crippen molar-refractivity contribution in [3.05, 3.63) is 70.2 Å². The molecule has 5 aliphatic rings. The molecule has 4 aliphatic carbocycles. The number of esters is 1. The Morgan fingerprint density at radius 2 is 1.52 bits per heavy atom. The molecule has 156 valence electrons. The standard InChI is InChI=1S/C24H17Cl2NO4/c25-11-1-6-16(19(26)9-11)24(30)31-13-4-2-12(3-5-13)27-22(28)20-14-7-8-15(18-10-17(14)18)21(20)23(27)29/h1-9,14-15,17-18,20-21H,10H2/t14-,15+,17-,18-,20+,21+/m1/s1. The summed E-state index contributed by atoms with van der Waals surface area (Å²) >= 11 is 11.9. The summed E-state index contributed by atoms with van der Waals surface area (Å²) in [7, 11) is 0. The Labute approximate surface area is 188 Å². The van der Waals surface area contributed by atoms with E-state index in [4.69, 9.17) is 27.9 Å². The van der Waals surface area contributed by atoms with Crippen LogP contribution >= 0.6 is 23.2 Å². The van der Waals surface area contributed by atoms with E-state index in [1.807, 2.05) is 0 Å². The van der Waals surface area contributed by atoms with Gasteiger partial charge >= 0.3 is 5.97 Å². The molecule has 2 bridgehead atoms. The number of carbonyl (C=O) groups is 3. The second-order valence-corrected chi connectivity index (χ2v) is 9.52. The second kappa shape index (κ2) is 6.68. The lowest BCUT2D eigenvalue weighted by Gasteiger charge is -2.37. The molecular weight excluding hydrogens is 437 g/mol. The van der Waals surface area contributed by atoms with E-state index in [-0.39, 0.29) is 46.1 Å². The average molecular weight is 454 g/mol. The van der Waals surface area contributed by atoms with Crippen LogP contribution in [0.5, 0.6) is 5.75 Å². The van der Waals surface area contributed by atoms with E-state index in [9.17, 15) is 14.4 Å². The molecule has 0 spiro atoms. The van der Waals surface area contributed by atoms with Crippen LogP contribution in [0, 0.1) is 35.5 Å². The number of benzene rings is 2. The van der Waals surface area contributed by atoms with Crippen molar-refractivity contribution >= 4 is 46.7 Å². The fraction of sp³-hybridized carbons (Fsp3) is 0.292. The smallest absolute Gasteiger partial charge is 0.345 e. The minimum absolute atomic E-state index is 0.114. The zero-order chi connectivity index (χ0) is 21.4. The molecule has 31 heavy (non-hydrogen) atoms. The number of imide groups is 1. The van der Waals surface area contributed by atoms with Gasteiger partial charge in [0.15, 0.2) is 0 Å². The molecule has 2 aromatic carbocycles. The van der Waals surface area contributed by atoms with Gasteiger partial charge < -0.3 is 4.74 Å². The summed E-state index contributed by atoms with van der Waals surface area (Å²) in [5.74, 6) is 0.469. The van der Waals surface area contributed by atoms with Crippen molar-refractivity contribution in [1.29, 1.82) is 0 Å². The predicted octanol–water partition coefficient (Wildman–Crippen LogP) is 4.77. The number of nitrogens with zero attached hydrogens (tertiary/aromatic N) is 1. The van der Waals surface area contributed by atoms with E-state index in [0.29, 0.717) is 28.3 Å². The van der Waals surface area contributed by atoms with Gasteiger partial charge in [0.2, 0.25) is 11.8 Å². The lowest BCUT2D eigenvalue weighted by atomic mass is 9.63. The van der Waals surface area contributed by atoms with Gasteiger partial charge in [-0.3, -0.25) is 14.5 Å². The van der Waals surface area contributed by atoms with Crippen LogP contribution in [0.4, 0.5) is 5.69 Å². The van der Waals surface area contributed by atoms with E-state index in [0.717, 1.165) is 6.42 Å². The third-order valence-electron chi connectivity index (χ3n) is 7.12. The van der Waals surface area contributed by atoms with E-state index < -0.39 is 5.97 Å². The Kier molecular flexibility index (Phi) is 4.11. The Morgan fingerprint density at radius 1 is 0.903 bits per heavy atom. The zero-order valence-electron chi connectivity index (χ0n) is 16.2. The minimum atomic E-state index is -0.615. The molecule has 7 rings (SSSR count). The van der Waals surface area contributed by atoms with Gasteiger partial charge in [0, 0.05) is 5.02 Å². The molecule has 3 fully saturated rings. The van der Waals surface area contributed by atoms with Crippen LogP contribution in [-0.4, -0.2) is 17.8 Å². The maximum Gasteiger partial charge on any atom is 0.345 e. The van der Waals surface area contributed by atoms with Crippen molar-refractivity contribution < 1.29 is 19.1 Å². The van der Waals surface area contributed by atoms with Crippen LogP contribution in [0.3, 0.4) is 0 Å². The number of rotatable bonds is 3. The summed E-state index contributed by atoms with van der Waals surface area (Å²) < 4.78 is 5.39. The van der Waals surface area contributed by atoms with Crippen LogP contribution in [-0.2, 0) is 9.59 Å². The fourth-order valence-corrected chi connectivity index (χ4v) is 6.18. The molecule has 2 amide bonds. The zero-order valence-corrected chi connectivity index (χ0v) is 17.7. The van der Waals surface area contributed by atoms with Crippen molar-refractivity contribution in [2.45, 2.75) is 6.42 Å². The van der Waals surface area contributed by atoms with Crippen molar-refractivity contribution in [3.63, 3.8) is 0 Å². The first-order valence-electron chi connectivity index (χ1n) is 10.3. The minimum Gasteiger partial charge on any atom is -0.423 e. The third-order valence-corrected chi connectivity index (χ3v) is 7.67. The SMILES string of the molecule is O=C(Oc1ccc(N2C(=O)[C@H]3[C@@H]4C=C[C@@H]([C@H]5C[C@H]45)[C@@H]3C2=O)cc1)c1ccc(Cl)cc1Cl. The summed E-state index contributed by atoms with van der Waals surface area (Å²) in [4.78, 5) is 40.1. The first kappa shape index (κ1) is 19.1. The van der Waals surface area contributed by atoms with Crippen LogP contribution in [0.25, 0.3) is 0 Å². The van der Waals surface area contributed by atoms with Crippen molar-refractivity contribution in [1.82, 2.24) is 0 Å². The molecule has 0 N–H and O–H groups in total. The molecule has 2 aromatic rings. The quantitative estimate of drug-likeness (QED) is 0.290. The molecule has 7 heteroatoms. The fourth-order valence-electron chi connectivity index (χ4n) is 5.69. The summed E-state index contributed by atoms with van der Waals surface area (Å²) in [6.07, 6.45) is 5.44. The highest BCUT2D eigenvalue weighted by molar-refractivity contribution is 6.36. The molecule has 2 saturated carbocycles. The van der Waals surface area contributed by atoms with Crippen molar-refractivity contribution in [2.24, 2.45) is 35.5 Å². The van der Waals surface area contributed by atoms with Crippen LogP contribution < -0.4 is 9.64 Å². The van der Waals surface area contributed by atoms with Gasteiger partial charge in [-0.25, -0.2) is 4.79 Å². The number of anilines is 1. The monoisotopic (exact) mass is 453 g/mol. The van der Waals surface area contributed by atoms with Crippen LogP contribution in [0.15, 0.2) is 54.6 Å². The van der Waals surface area contributed by atoms with E-state index in [1.165, 1.54) is 17.0 Å². The number of hydrogen-bond acceptors (Lipinski definition) is 4. The lowest BCUT2D eigenvalue weighted by molar-refractivity contribution is -0.124. The Morgan fingerprint density at radius 3 is 2.10 bits per heavy atom. The molecule has 6 atom stereocenters. The Bertz CT molecular complexity index is 1140. The molecule has 0 unspecified atom stereocenters. The first-order chi connectivity index (χ1) is 14.9. The Hall–Kier alpha value is -2.63. The van der Waals surface area contributed by atoms with Gasteiger partial charge in [-0.2, -0.15) is 0 Å². The van der Waals surface area contributed by atoms with Gasteiger partial charge in [-0.15, -0.1) is 0 Å². The molecule has 0 aromatic heterocycles. The molecule has 0 radical (unpaired) electrons. The summed E-state index contributed by atoms with van der Waals surface area (Å²) in [6.45, 7) is 0. The topological polar surface area (TPSA) is 63.7 Å². The van der Waals surface area contributed by atoms with Gasteiger partial charge in [0.05, 0.1) is 28.1 Å². The van der Waals surface area contributed by atoms with Crippen molar-refractivity contribution in [2.75, 3.05) is 4.90 Å². The summed E-state index contributed by atoms with van der Waals surface area (Å²) in [5, 5.41) is 0.624. The highest BCUT2D eigenvalue weighted by atomic mass is 35.5. The van der Waals surface area contributed by atoms with Crippen molar-refractivity contribution in [3.8, 4) is 5.75 Å².